The number of rotatable bonds is 3. The van der Waals surface area contributed by atoms with Crippen molar-refractivity contribution in [1.82, 2.24) is 9.78 Å². The summed E-state index contributed by atoms with van der Waals surface area (Å²) in [6.45, 7) is 0.188. The molecule has 0 bridgehead atoms. The maximum atomic E-state index is 11.8. The molecule has 3 aromatic rings. The zero-order valence-corrected chi connectivity index (χ0v) is 15.3. The molecule has 3 heterocycles. The second-order valence-electron chi connectivity index (χ2n) is 6.52. The largest absolute Gasteiger partial charge is 0.477 e. The molecule has 0 spiro atoms. The molecule has 1 aromatic carbocycles. The summed E-state index contributed by atoms with van der Waals surface area (Å²) in [4.78, 5) is 12.1. The van der Waals surface area contributed by atoms with Crippen LogP contribution in [-0.2, 0) is 19.9 Å². The summed E-state index contributed by atoms with van der Waals surface area (Å²) in [6.07, 6.45) is 4.43. The van der Waals surface area contributed by atoms with Crippen LogP contribution in [0.15, 0.2) is 24.4 Å². The van der Waals surface area contributed by atoms with E-state index in [0.717, 1.165) is 46.6 Å². The number of carboxylic acid groups (broad SMARTS) is 1. The van der Waals surface area contributed by atoms with Gasteiger partial charge in [-0.2, -0.15) is 5.10 Å². The number of ether oxygens (including phenoxy) is 3. The van der Waals surface area contributed by atoms with Crippen molar-refractivity contribution in [3.63, 3.8) is 0 Å². The highest BCUT2D eigenvalue weighted by atomic mass is 32.1. The topological polar surface area (TPSA) is 82.8 Å². The SMILES string of the molecule is Cn1cc2c(n1)-c1c(Oc3ccc4c(c3)OCO4)sc(C(=O)O)c1CCC2. The van der Waals surface area contributed by atoms with Gasteiger partial charge in [-0.15, -0.1) is 0 Å². The lowest BCUT2D eigenvalue weighted by Crippen LogP contribution is -1.99. The van der Waals surface area contributed by atoms with Gasteiger partial charge in [-0.3, -0.25) is 4.68 Å². The van der Waals surface area contributed by atoms with E-state index >= 15 is 0 Å². The highest BCUT2D eigenvalue weighted by Crippen LogP contribution is 2.48. The lowest BCUT2D eigenvalue weighted by atomic mass is 10.1. The molecule has 1 aliphatic carbocycles. The molecule has 138 valence electrons. The standard InChI is InChI=1S/C19H16N2O5S/c1-21-8-10-3-2-4-12-15(16(10)20-21)19(27-17(12)18(22)23)26-11-5-6-13-14(7-11)25-9-24-13/h5-8H,2-4,9H2,1H3,(H,22,23). The van der Waals surface area contributed by atoms with E-state index in [1.54, 1.807) is 22.9 Å². The Morgan fingerprint density at radius 2 is 2.15 bits per heavy atom. The quantitative estimate of drug-likeness (QED) is 0.738. The molecule has 5 rings (SSSR count). The van der Waals surface area contributed by atoms with Gasteiger partial charge in [0.1, 0.15) is 16.3 Å². The van der Waals surface area contributed by atoms with Crippen LogP contribution in [0.25, 0.3) is 11.3 Å². The summed E-state index contributed by atoms with van der Waals surface area (Å²) in [5.41, 5.74) is 3.52. The van der Waals surface area contributed by atoms with Gasteiger partial charge in [-0.05, 0) is 42.5 Å². The Bertz CT molecular complexity index is 1070. The predicted molar refractivity (Wildman–Crippen MR) is 98.1 cm³/mol. The molecule has 0 fully saturated rings. The highest BCUT2D eigenvalue weighted by molar-refractivity contribution is 7.16. The van der Waals surface area contributed by atoms with E-state index in [1.807, 2.05) is 13.2 Å². The molecule has 0 saturated carbocycles. The van der Waals surface area contributed by atoms with Crippen molar-refractivity contribution in [2.24, 2.45) is 7.05 Å². The first kappa shape index (κ1) is 16.2. The van der Waals surface area contributed by atoms with E-state index in [4.69, 9.17) is 14.2 Å². The fourth-order valence-electron chi connectivity index (χ4n) is 3.60. The van der Waals surface area contributed by atoms with E-state index in [0.29, 0.717) is 33.6 Å². The van der Waals surface area contributed by atoms with Gasteiger partial charge in [0, 0.05) is 19.3 Å². The Morgan fingerprint density at radius 1 is 1.30 bits per heavy atom. The number of nitrogens with zero attached hydrogens (tertiary/aromatic N) is 2. The molecule has 0 radical (unpaired) electrons. The van der Waals surface area contributed by atoms with E-state index in [1.165, 1.54) is 0 Å². The number of carboxylic acids is 1. The van der Waals surface area contributed by atoms with Crippen molar-refractivity contribution >= 4 is 17.3 Å². The van der Waals surface area contributed by atoms with Crippen molar-refractivity contribution in [1.29, 1.82) is 0 Å². The Kier molecular flexibility index (Phi) is 3.61. The van der Waals surface area contributed by atoms with Crippen LogP contribution in [0.3, 0.4) is 0 Å². The fraction of sp³-hybridized carbons (Fsp3) is 0.263. The molecule has 0 unspecified atom stereocenters. The van der Waals surface area contributed by atoms with Crippen molar-refractivity contribution in [2.45, 2.75) is 19.3 Å². The summed E-state index contributed by atoms with van der Waals surface area (Å²) in [6, 6.07) is 5.33. The Hall–Kier alpha value is -3.00. The first-order valence-electron chi connectivity index (χ1n) is 8.59. The number of hydrogen-bond donors (Lipinski definition) is 1. The average molecular weight is 384 g/mol. The zero-order valence-electron chi connectivity index (χ0n) is 14.5. The summed E-state index contributed by atoms with van der Waals surface area (Å²) in [5, 5.41) is 14.8. The Morgan fingerprint density at radius 3 is 3.00 bits per heavy atom. The Labute approximate surface area is 158 Å². The summed E-state index contributed by atoms with van der Waals surface area (Å²) >= 11 is 1.15. The van der Waals surface area contributed by atoms with Crippen LogP contribution < -0.4 is 14.2 Å². The minimum Gasteiger partial charge on any atom is -0.477 e. The van der Waals surface area contributed by atoms with Crippen molar-refractivity contribution < 1.29 is 24.1 Å². The first-order chi connectivity index (χ1) is 13.1. The summed E-state index contributed by atoms with van der Waals surface area (Å²) < 4.78 is 18.6. The number of benzene rings is 1. The fourth-order valence-corrected chi connectivity index (χ4v) is 4.66. The van der Waals surface area contributed by atoms with Gasteiger partial charge in [0.05, 0.1) is 5.56 Å². The van der Waals surface area contributed by atoms with Gasteiger partial charge < -0.3 is 19.3 Å². The molecule has 1 aliphatic heterocycles. The van der Waals surface area contributed by atoms with E-state index in [-0.39, 0.29) is 6.79 Å². The van der Waals surface area contributed by atoms with Crippen LogP contribution in [-0.4, -0.2) is 27.6 Å². The van der Waals surface area contributed by atoms with Crippen LogP contribution in [0.2, 0.25) is 0 Å². The van der Waals surface area contributed by atoms with Crippen LogP contribution in [0, 0.1) is 0 Å². The normalized spacial score (nSPS) is 14.4. The van der Waals surface area contributed by atoms with Gasteiger partial charge in [0.15, 0.2) is 16.6 Å². The lowest BCUT2D eigenvalue weighted by Gasteiger charge is -2.07. The van der Waals surface area contributed by atoms with Crippen molar-refractivity contribution in [3.05, 3.63) is 40.4 Å². The van der Waals surface area contributed by atoms with Gasteiger partial charge >= 0.3 is 5.97 Å². The smallest absolute Gasteiger partial charge is 0.346 e. The average Bonchev–Trinajstić information content (AvgIpc) is 3.30. The molecule has 2 aliphatic rings. The van der Waals surface area contributed by atoms with Crippen LogP contribution in [0.5, 0.6) is 22.3 Å². The number of aromatic nitrogens is 2. The predicted octanol–water partition coefficient (Wildman–Crippen LogP) is 3.86. The third-order valence-electron chi connectivity index (χ3n) is 4.74. The number of aromatic carboxylic acids is 1. The lowest BCUT2D eigenvalue weighted by molar-refractivity contribution is 0.0701. The molecule has 7 nitrogen and oxygen atoms in total. The molecule has 2 aromatic heterocycles. The number of thiophene rings is 1. The maximum absolute atomic E-state index is 11.8. The van der Waals surface area contributed by atoms with Crippen molar-refractivity contribution in [3.8, 4) is 33.6 Å². The third-order valence-corrected chi connectivity index (χ3v) is 5.84. The molecular weight excluding hydrogens is 368 g/mol. The monoisotopic (exact) mass is 384 g/mol. The summed E-state index contributed by atoms with van der Waals surface area (Å²) in [7, 11) is 1.87. The van der Waals surface area contributed by atoms with Crippen LogP contribution in [0.1, 0.15) is 27.2 Å². The number of carbonyl (C=O) groups is 1. The maximum Gasteiger partial charge on any atom is 0.346 e. The first-order valence-corrected chi connectivity index (χ1v) is 9.41. The third kappa shape index (κ3) is 2.64. The zero-order chi connectivity index (χ0) is 18.5. The number of fused-ring (bicyclic) bond motifs is 4. The van der Waals surface area contributed by atoms with Gasteiger partial charge in [0.2, 0.25) is 6.79 Å². The molecular formula is C19H16N2O5S. The van der Waals surface area contributed by atoms with E-state index in [9.17, 15) is 9.90 Å². The highest BCUT2D eigenvalue weighted by Gasteiger charge is 2.30. The van der Waals surface area contributed by atoms with Crippen LogP contribution in [0.4, 0.5) is 0 Å². The Balaban J connectivity index is 1.64. The minimum atomic E-state index is -0.934. The second kappa shape index (κ2) is 6.02. The summed E-state index contributed by atoms with van der Waals surface area (Å²) in [5.74, 6) is 0.927. The molecule has 1 N–H and O–H groups in total. The molecule has 8 heteroatoms. The second-order valence-corrected chi connectivity index (χ2v) is 7.51. The van der Waals surface area contributed by atoms with Gasteiger partial charge in [-0.25, -0.2) is 4.79 Å². The minimum absolute atomic E-state index is 0.188. The molecule has 27 heavy (non-hydrogen) atoms. The molecule has 0 amide bonds. The van der Waals surface area contributed by atoms with E-state index in [2.05, 4.69) is 5.10 Å². The number of aryl methyl sites for hydroxylation is 2. The molecule has 0 saturated heterocycles. The number of hydrogen-bond acceptors (Lipinski definition) is 6. The van der Waals surface area contributed by atoms with Gasteiger partial charge in [0.25, 0.3) is 0 Å². The van der Waals surface area contributed by atoms with Crippen molar-refractivity contribution in [2.75, 3.05) is 6.79 Å². The molecule has 0 atom stereocenters. The van der Waals surface area contributed by atoms with E-state index < -0.39 is 5.97 Å². The van der Waals surface area contributed by atoms with Crippen LogP contribution >= 0.6 is 11.3 Å². The van der Waals surface area contributed by atoms with Gasteiger partial charge in [-0.1, -0.05) is 11.3 Å².